The van der Waals surface area contributed by atoms with Crippen LogP contribution in [-0.4, -0.2) is 44.3 Å². The molecule has 1 rings (SSSR count). The Hall–Kier alpha value is -0.120. The molecule has 1 fully saturated rings. The second-order valence-corrected chi connectivity index (χ2v) is 4.77. The van der Waals surface area contributed by atoms with Gasteiger partial charge in [0.2, 0.25) is 0 Å². The minimum absolute atomic E-state index is 0. The lowest BCUT2D eigenvalue weighted by Crippen LogP contribution is -2.48. The largest absolute Gasteiger partial charge is 0.384 e. The van der Waals surface area contributed by atoms with E-state index in [-0.39, 0.29) is 12.8 Å². The Bertz CT molecular complexity index is 163. The number of hydrogen-bond acceptors (Lipinski definition) is 3. The van der Waals surface area contributed by atoms with E-state index in [0.29, 0.717) is 6.04 Å². The van der Waals surface area contributed by atoms with Crippen LogP contribution in [0.3, 0.4) is 0 Å². The molecule has 2 N–H and O–H groups in total. The van der Waals surface area contributed by atoms with Gasteiger partial charge in [0.05, 0.1) is 6.61 Å². The molecule has 3 heteroatoms. The molecular formula is C12H28N2O. The Morgan fingerprint density at radius 2 is 1.87 bits per heavy atom. The lowest BCUT2D eigenvalue weighted by molar-refractivity contribution is 0.0191. The first-order chi connectivity index (χ1) is 6.63. The van der Waals surface area contributed by atoms with Crippen molar-refractivity contribution in [1.82, 2.24) is 4.90 Å². The minimum Gasteiger partial charge on any atom is -0.384 e. The Morgan fingerprint density at radius 3 is 2.20 bits per heavy atom. The van der Waals surface area contributed by atoms with Crippen LogP contribution < -0.4 is 5.73 Å². The Labute approximate surface area is 95.0 Å². The van der Waals surface area contributed by atoms with Gasteiger partial charge in [-0.25, -0.2) is 0 Å². The number of nitrogens with two attached hydrogens (primary N) is 1. The predicted octanol–water partition coefficient (Wildman–Crippen LogP) is 1.72. The fraction of sp³-hybridized carbons (Fsp3) is 1.00. The summed E-state index contributed by atoms with van der Waals surface area (Å²) in [6.45, 7) is 8.41. The third kappa shape index (κ3) is 3.74. The van der Waals surface area contributed by atoms with Crippen LogP contribution in [0.4, 0.5) is 0 Å². The summed E-state index contributed by atoms with van der Waals surface area (Å²) in [6, 6.07) is 0.660. The molecule has 1 aliphatic rings. The number of piperidine rings is 1. The molecule has 3 nitrogen and oxygen atoms in total. The summed E-state index contributed by atoms with van der Waals surface area (Å²) in [4.78, 5) is 2.52. The maximum Gasteiger partial charge on any atom is 0.0531 e. The summed E-state index contributed by atoms with van der Waals surface area (Å²) in [5.74, 6) is 0. The summed E-state index contributed by atoms with van der Waals surface area (Å²) in [7, 11) is 1.77. The van der Waals surface area contributed by atoms with E-state index in [1.165, 1.54) is 12.8 Å². The molecule has 92 valence electrons. The first-order valence-electron chi connectivity index (χ1n) is 5.56. The summed E-state index contributed by atoms with van der Waals surface area (Å²) >= 11 is 0. The van der Waals surface area contributed by atoms with Gasteiger partial charge in [0.1, 0.15) is 0 Å². The Kier molecular flexibility index (Phi) is 6.41. The molecular weight excluding hydrogens is 188 g/mol. The van der Waals surface area contributed by atoms with E-state index in [2.05, 4.69) is 18.7 Å². The van der Waals surface area contributed by atoms with E-state index in [1.54, 1.807) is 7.11 Å². The number of hydrogen-bond donors (Lipinski definition) is 1. The van der Waals surface area contributed by atoms with Crippen LogP contribution in [0.2, 0.25) is 0 Å². The number of ether oxygens (including phenoxy) is 1. The zero-order valence-electron chi connectivity index (χ0n) is 9.75. The number of rotatable bonds is 4. The molecule has 0 aromatic heterocycles. The van der Waals surface area contributed by atoms with Crippen LogP contribution in [-0.2, 0) is 4.74 Å². The molecule has 0 aromatic carbocycles. The molecule has 0 bridgehead atoms. The second kappa shape index (κ2) is 6.46. The third-order valence-electron chi connectivity index (χ3n) is 3.47. The molecule has 0 unspecified atom stereocenters. The van der Waals surface area contributed by atoms with Crippen LogP contribution in [0.15, 0.2) is 0 Å². The minimum atomic E-state index is 0. The van der Waals surface area contributed by atoms with E-state index >= 15 is 0 Å². The van der Waals surface area contributed by atoms with Crippen molar-refractivity contribution in [3.63, 3.8) is 0 Å². The van der Waals surface area contributed by atoms with Crippen LogP contribution in [0.5, 0.6) is 0 Å². The summed E-state index contributed by atoms with van der Waals surface area (Å²) < 4.78 is 5.27. The molecule has 0 spiro atoms. The van der Waals surface area contributed by atoms with Crippen molar-refractivity contribution < 1.29 is 4.74 Å². The van der Waals surface area contributed by atoms with Crippen LogP contribution >= 0.6 is 0 Å². The molecule has 15 heavy (non-hydrogen) atoms. The number of methoxy groups -OCH3 is 1. The van der Waals surface area contributed by atoms with Gasteiger partial charge in [-0.1, -0.05) is 7.43 Å². The van der Waals surface area contributed by atoms with Crippen LogP contribution in [0, 0.1) is 5.41 Å². The molecule has 0 radical (unpaired) electrons. The van der Waals surface area contributed by atoms with Gasteiger partial charge in [0.15, 0.2) is 0 Å². The zero-order chi connectivity index (χ0) is 10.6. The van der Waals surface area contributed by atoms with Crippen LogP contribution in [0.1, 0.15) is 34.1 Å². The van der Waals surface area contributed by atoms with E-state index in [4.69, 9.17) is 10.5 Å². The van der Waals surface area contributed by atoms with Crippen molar-refractivity contribution in [3.8, 4) is 0 Å². The highest BCUT2D eigenvalue weighted by Crippen LogP contribution is 2.31. The van der Waals surface area contributed by atoms with E-state index in [0.717, 1.165) is 26.2 Å². The number of likely N-dealkylation sites (tertiary alicyclic amines) is 1. The lowest BCUT2D eigenvalue weighted by Gasteiger charge is -2.42. The molecule has 1 heterocycles. The normalized spacial score (nSPS) is 21.4. The lowest BCUT2D eigenvalue weighted by atomic mass is 9.79. The van der Waals surface area contributed by atoms with Crippen molar-refractivity contribution in [2.45, 2.75) is 40.2 Å². The summed E-state index contributed by atoms with van der Waals surface area (Å²) in [6.07, 6.45) is 2.35. The molecule has 1 saturated heterocycles. The van der Waals surface area contributed by atoms with Gasteiger partial charge in [-0.05, 0) is 39.8 Å². The highest BCUT2D eigenvalue weighted by atomic mass is 16.5. The summed E-state index contributed by atoms with van der Waals surface area (Å²) in [5.41, 5.74) is 6.10. The molecule has 0 atom stereocenters. The first-order valence-corrected chi connectivity index (χ1v) is 5.56. The van der Waals surface area contributed by atoms with Gasteiger partial charge in [0.25, 0.3) is 0 Å². The highest BCUT2D eigenvalue weighted by molar-refractivity contribution is 4.87. The Morgan fingerprint density at radius 1 is 1.33 bits per heavy atom. The quantitative estimate of drug-likeness (QED) is 0.777. The van der Waals surface area contributed by atoms with E-state index < -0.39 is 0 Å². The average molecular weight is 216 g/mol. The van der Waals surface area contributed by atoms with E-state index in [1.807, 2.05) is 0 Å². The van der Waals surface area contributed by atoms with Gasteiger partial charge in [0, 0.05) is 25.1 Å². The molecule has 0 aliphatic carbocycles. The zero-order valence-corrected chi connectivity index (χ0v) is 9.75. The van der Waals surface area contributed by atoms with Crippen molar-refractivity contribution >= 4 is 0 Å². The smallest absolute Gasteiger partial charge is 0.0531 e. The monoisotopic (exact) mass is 216 g/mol. The fourth-order valence-corrected chi connectivity index (χ4v) is 2.23. The molecule has 0 amide bonds. The van der Waals surface area contributed by atoms with Gasteiger partial charge in [-0.2, -0.15) is 0 Å². The topological polar surface area (TPSA) is 38.5 Å². The standard InChI is InChI=1S/C11H24N2O.CH4/c1-10(2)13-6-4-11(8-12,5-7-13)9-14-3;/h10H,4-9,12H2,1-3H3;1H4. The predicted molar refractivity (Wildman–Crippen MR) is 66.0 cm³/mol. The van der Waals surface area contributed by atoms with Gasteiger partial charge < -0.3 is 15.4 Å². The van der Waals surface area contributed by atoms with Crippen molar-refractivity contribution in [3.05, 3.63) is 0 Å². The third-order valence-corrected chi connectivity index (χ3v) is 3.47. The number of nitrogens with zero attached hydrogens (tertiary/aromatic N) is 1. The highest BCUT2D eigenvalue weighted by Gasteiger charge is 2.33. The summed E-state index contributed by atoms with van der Waals surface area (Å²) in [5, 5.41) is 0. The molecule has 0 aromatic rings. The van der Waals surface area contributed by atoms with Crippen LogP contribution in [0.25, 0.3) is 0 Å². The van der Waals surface area contributed by atoms with Gasteiger partial charge >= 0.3 is 0 Å². The average Bonchev–Trinajstić information content (AvgIpc) is 2.19. The fourth-order valence-electron chi connectivity index (χ4n) is 2.23. The maximum absolute atomic E-state index is 5.85. The maximum atomic E-state index is 5.85. The van der Waals surface area contributed by atoms with Gasteiger partial charge in [-0.3, -0.25) is 0 Å². The van der Waals surface area contributed by atoms with Crippen molar-refractivity contribution in [2.75, 3.05) is 33.4 Å². The molecule has 1 aliphatic heterocycles. The SMILES string of the molecule is C.COCC1(CN)CCN(C(C)C)CC1. The second-order valence-electron chi connectivity index (χ2n) is 4.77. The molecule has 0 saturated carbocycles. The Balaban J connectivity index is 0.00000196. The van der Waals surface area contributed by atoms with Crippen molar-refractivity contribution in [2.24, 2.45) is 11.1 Å². The van der Waals surface area contributed by atoms with Crippen molar-refractivity contribution in [1.29, 1.82) is 0 Å². The first kappa shape index (κ1) is 14.9. The van der Waals surface area contributed by atoms with Gasteiger partial charge in [-0.15, -0.1) is 0 Å². The van der Waals surface area contributed by atoms with E-state index in [9.17, 15) is 0 Å².